The van der Waals surface area contributed by atoms with Crippen molar-refractivity contribution in [2.24, 2.45) is 0 Å². The highest BCUT2D eigenvalue weighted by Gasteiger charge is 2.29. The predicted octanol–water partition coefficient (Wildman–Crippen LogP) is 3.84. The summed E-state index contributed by atoms with van der Waals surface area (Å²) in [4.78, 5) is 38.1. The lowest BCUT2D eigenvalue weighted by atomic mass is 9.93. The quantitative estimate of drug-likeness (QED) is 0.373. The smallest absolute Gasteiger partial charge is 0.405 e. The maximum atomic E-state index is 13.2. The maximum Gasteiger partial charge on any atom is 0.405 e. The number of hydrogen-bond donors (Lipinski definition) is 4. The molecule has 0 spiro atoms. The number of rotatable bonds is 8. The first-order valence-electron chi connectivity index (χ1n) is 12.0. The van der Waals surface area contributed by atoms with E-state index in [9.17, 15) is 19.5 Å². The molecule has 1 aliphatic heterocycles. The number of amides is 4. The number of benzene rings is 3. The second kappa shape index (κ2) is 12.0. The molecule has 0 bridgehead atoms. The zero-order chi connectivity index (χ0) is 26.2. The third kappa shape index (κ3) is 6.65. The van der Waals surface area contributed by atoms with Crippen molar-refractivity contribution in [2.75, 3.05) is 25.5 Å². The Labute approximate surface area is 215 Å². The highest BCUT2D eigenvalue weighted by atomic mass is 16.5. The number of fused-ring (bicyclic) bond motifs is 1. The molecule has 37 heavy (non-hydrogen) atoms. The monoisotopic (exact) mass is 502 g/mol. The Kier molecular flexibility index (Phi) is 8.37. The average molecular weight is 503 g/mol. The number of ether oxygens (including phenoxy) is 1. The Morgan fingerprint density at radius 3 is 2.51 bits per heavy atom. The highest BCUT2D eigenvalue weighted by Crippen LogP contribution is 2.31. The highest BCUT2D eigenvalue weighted by molar-refractivity contribution is 5.94. The molecule has 0 saturated carbocycles. The number of nitrogens with zero attached hydrogens (tertiary/aromatic N) is 1. The second-order valence-electron chi connectivity index (χ2n) is 8.75. The summed E-state index contributed by atoms with van der Waals surface area (Å²) in [5, 5.41) is 17.0. The van der Waals surface area contributed by atoms with Gasteiger partial charge in [-0.15, -0.1) is 0 Å². The molecule has 4 rings (SSSR count). The summed E-state index contributed by atoms with van der Waals surface area (Å²) >= 11 is 0. The van der Waals surface area contributed by atoms with Crippen LogP contribution in [0, 0.1) is 0 Å². The van der Waals surface area contributed by atoms with Gasteiger partial charge in [0.25, 0.3) is 0 Å². The first-order valence-corrected chi connectivity index (χ1v) is 12.0. The molecule has 0 aromatic heterocycles. The molecule has 1 atom stereocenters. The number of carbonyl (C=O) groups is 3. The van der Waals surface area contributed by atoms with E-state index in [-0.39, 0.29) is 25.2 Å². The van der Waals surface area contributed by atoms with Crippen LogP contribution in [0.15, 0.2) is 72.8 Å². The molecule has 0 saturated heterocycles. The van der Waals surface area contributed by atoms with Gasteiger partial charge in [-0.05, 0) is 34.7 Å². The molecular weight excluding hydrogens is 472 g/mol. The van der Waals surface area contributed by atoms with Crippen LogP contribution in [0.5, 0.6) is 0 Å². The van der Waals surface area contributed by atoms with Crippen molar-refractivity contribution >= 4 is 23.7 Å². The van der Waals surface area contributed by atoms with Crippen LogP contribution in [-0.4, -0.2) is 54.3 Å². The molecule has 0 radical (unpaired) electrons. The molecule has 4 amide bonds. The molecule has 1 aliphatic rings. The molecule has 1 heterocycles. The zero-order valence-electron chi connectivity index (χ0n) is 20.6. The van der Waals surface area contributed by atoms with Crippen LogP contribution in [0.3, 0.4) is 0 Å². The number of carboxylic acid groups (broad SMARTS) is 1. The van der Waals surface area contributed by atoms with Crippen molar-refractivity contribution in [2.45, 2.75) is 25.6 Å². The van der Waals surface area contributed by atoms with Gasteiger partial charge in [0.15, 0.2) is 0 Å². The van der Waals surface area contributed by atoms with E-state index in [1.165, 1.54) is 0 Å². The summed E-state index contributed by atoms with van der Waals surface area (Å²) in [6, 6.07) is 21.8. The Morgan fingerprint density at radius 1 is 1.00 bits per heavy atom. The lowest BCUT2D eigenvalue weighted by molar-refractivity contribution is -0.136. The molecule has 4 N–H and O–H groups in total. The first-order chi connectivity index (χ1) is 17.9. The van der Waals surface area contributed by atoms with E-state index in [1.807, 2.05) is 66.7 Å². The predicted molar refractivity (Wildman–Crippen MR) is 140 cm³/mol. The van der Waals surface area contributed by atoms with Crippen molar-refractivity contribution in [1.29, 1.82) is 0 Å². The molecule has 0 aliphatic carbocycles. The van der Waals surface area contributed by atoms with Crippen LogP contribution in [-0.2, 0) is 29.1 Å². The van der Waals surface area contributed by atoms with Crippen LogP contribution < -0.4 is 16.0 Å². The number of hydrogen-bond acceptors (Lipinski definition) is 4. The summed E-state index contributed by atoms with van der Waals surface area (Å²) in [7, 11) is 1.57. The van der Waals surface area contributed by atoms with E-state index in [1.54, 1.807) is 11.9 Å². The van der Waals surface area contributed by atoms with Gasteiger partial charge in [0.1, 0.15) is 6.04 Å². The number of urea groups is 1. The van der Waals surface area contributed by atoms with Gasteiger partial charge in [-0.25, -0.2) is 9.59 Å². The zero-order valence-corrected chi connectivity index (χ0v) is 20.6. The van der Waals surface area contributed by atoms with E-state index in [0.717, 1.165) is 27.8 Å². The Bertz CT molecular complexity index is 1260. The van der Waals surface area contributed by atoms with E-state index in [4.69, 9.17) is 4.74 Å². The van der Waals surface area contributed by atoms with E-state index in [2.05, 4.69) is 22.0 Å². The van der Waals surface area contributed by atoms with Crippen molar-refractivity contribution < 1.29 is 24.2 Å². The number of carbonyl (C=O) groups excluding carboxylic acids is 2. The summed E-state index contributed by atoms with van der Waals surface area (Å²) in [6.45, 7) is 1.07. The number of nitrogens with one attached hydrogen (secondary N) is 3. The average Bonchev–Trinajstić information content (AvgIpc) is 2.92. The third-order valence-electron chi connectivity index (χ3n) is 6.24. The van der Waals surface area contributed by atoms with Gasteiger partial charge in [-0.2, -0.15) is 0 Å². The molecule has 9 heteroatoms. The molecule has 1 unspecified atom stereocenters. The third-order valence-corrected chi connectivity index (χ3v) is 6.24. The Hall–Kier alpha value is -4.37. The number of anilines is 1. The Balaban J connectivity index is 1.45. The minimum absolute atomic E-state index is 0.0581. The fourth-order valence-corrected chi connectivity index (χ4v) is 4.35. The molecule has 3 aromatic carbocycles. The van der Waals surface area contributed by atoms with Crippen LogP contribution >= 0.6 is 0 Å². The molecule has 192 valence electrons. The van der Waals surface area contributed by atoms with Crippen LogP contribution in [0.1, 0.15) is 16.7 Å². The van der Waals surface area contributed by atoms with Crippen LogP contribution in [0.4, 0.5) is 15.3 Å². The Morgan fingerprint density at radius 2 is 1.76 bits per heavy atom. The maximum absolute atomic E-state index is 13.2. The van der Waals surface area contributed by atoms with Gasteiger partial charge in [0.05, 0.1) is 18.9 Å². The molecule has 9 nitrogen and oxygen atoms in total. The minimum Gasteiger partial charge on any atom is -0.465 e. The number of para-hydroxylation sites is 1. The van der Waals surface area contributed by atoms with Gasteiger partial charge in [-0.3, -0.25) is 4.79 Å². The SMILES string of the molecule is CNC(=O)Nc1ccccc1-c1ccc2c(c1)CCN(C(=O)C(COCc1ccccc1)NC(=O)O)C2. The summed E-state index contributed by atoms with van der Waals surface area (Å²) in [5.74, 6) is -0.315. The summed E-state index contributed by atoms with van der Waals surface area (Å²) in [6.07, 6.45) is -0.641. The van der Waals surface area contributed by atoms with Gasteiger partial charge in [0.2, 0.25) is 5.91 Å². The van der Waals surface area contributed by atoms with Crippen molar-refractivity contribution in [3.63, 3.8) is 0 Å². The second-order valence-corrected chi connectivity index (χ2v) is 8.75. The van der Waals surface area contributed by atoms with Gasteiger partial charge < -0.3 is 30.7 Å². The summed E-state index contributed by atoms with van der Waals surface area (Å²) in [5.41, 5.74) is 5.61. The molecule has 3 aromatic rings. The van der Waals surface area contributed by atoms with E-state index >= 15 is 0 Å². The standard InChI is InChI=1S/C28H30N4O5/c1-29-27(34)30-24-10-6-5-9-23(24)21-11-12-22-16-32(14-13-20(22)15-21)26(33)25(31-28(35)36)18-37-17-19-7-3-2-4-8-19/h2-12,15,25,31H,13-14,16-18H2,1H3,(H,35,36)(H2,29,30,34). The lowest BCUT2D eigenvalue weighted by Crippen LogP contribution is -2.51. The fraction of sp³-hybridized carbons (Fsp3) is 0.250. The normalized spacial score (nSPS) is 13.3. The van der Waals surface area contributed by atoms with Crippen molar-refractivity contribution in [3.05, 3.63) is 89.5 Å². The molecule has 0 fully saturated rings. The topological polar surface area (TPSA) is 120 Å². The van der Waals surface area contributed by atoms with Crippen molar-refractivity contribution in [1.82, 2.24) is 15.5 Å². The van der Waals surface area contributed by atoms with E-state index in [0.29, 0.717) is 25.2 Å². The molecular formula is C28H30N4O5. The van der Waals surface area contributed by atoms with Gasteiger partial charge >= 0.3 is 12.1 Å². The van der Waals surface area contributed by atoms with Crippen LogP contribution in [0.2, 0.25) is 0 Å². The lowest BCUT2D eigenvalue weighted by Gasteiger charge is -2.32. The van der Waals surface area contributed by atoms with Crippen molar-refractivity contribution in [3.8, 4) is 11.1 Å². The minimum atomic E-state index is -1.27. The van der Waals surface area contributed by atoms with Crippen LogP contribution in [0.25, 0.3) is 11.1 Å². The van der Waals surface area contributed by atoms with Gasteiger partial charge in [-0.1, -0.05) is 66.7 Å². The first kappa shape index (κ1) is 25.7. The largest absolute Gasteiger partial charge is 0.465 e. The summed E-state index contributed by atoms with van der Waals surface area (Å²) < 4.78 is 5.67. The van der Waals surface area contributed by atoms with E-state index < -0.39 is 12.1 Å². The van der Waals surface area contributed by atoms with Gasteiger partial charge in [0, 0.05) is 25.7 Å². The fourth-order valence-electron chi connectivity index (χ4n) is 4.35.